The molecule has 0 aromatic rings. The van der Waals surface area contributed by atoms with Gasteiger partial charge in [0.05, 0.1) is 24.4 Å². The zero-order valence-electron chi connectivity index (χ0n) is 12.7. The van der Waals surface area contributed by atoms with Crippen LogP contribution in [0.15, 0.2) is 23.7 Å². The molecule has 6 N–H and O–H groups in total. The van der Waals surface area contributed by atoms with Crippen LogP contribution in [0.25, 0.3) is 0 Å². The molecule has 0 saturated heterocycles. The maximum Gasteiger partial charge on any atom is 0.370 e. The van der Waals surface area contributed by atoms with Gasteiger partial charge in [-0.3, -0.25) is 4.79 Å². The van der Waals surface area contributed by atoms with E-state index in [9.17, 15) is 24.9 Å². The molecule has 23 heavy (non-hydrogen) atoms. The second-order valence-electron chi connectivity index (χ2n) is 5.59. The molecule has 1 spiro atoms. The fraction of sp³-hybridized carbons (Fsp3) is 0.571. The van der Waals surface area contributed by atoms with Crippen LogP contribution in [0.5, 0.6) is 0 Å². The first-order valence-electron chi connectivity index (χ1n) is 7.03. The van der Waals surface area contributed by atoms with Gasteiger partial charge in [0.25, 0.3) is 0 Å². The van der Waals surface area contributed by atoms with Gasteiger partial charge in [0.1, 0.15) is 6.10 Å². The Balaban J connectivity index is 2.53. The summed E-state index contributed by atoms with van der Waals surface area (Å²) in [7, 11) is 0. The lowest BCUT2D eigenvalue weighted by molar-refractivity contribution is -0.157. The van der Waals surface area contributed by atoms with E-state index < -0.39 is 54.1 Å². The maximum atomic E-state index is 11.5. The Morgan fingerprint density at radius 3 is 2.70 bits per heavy atom. The summed E-state index contributed by atoms with van der Waals surface area (Å²) < 4.78 is 11.1. The number of aliphatic hydroxyl groups excluding tert-OH is 2. The molecule has 0 fully saturated rings. The van der Waals surface area contributed by atoms with Gasteiger partial charge in [0.2, 0.25) is 11.7 Å². The highest BCUT2D eigenvalue weighted by atomic mass is 16.6. The third-order valence-corrected chi connectivity index (χ3v) is 3.79. The number of hydrogen-bond acceptors (Lipinski definition) is 7. The second-order valence-corrected chi connectivity index (χ2v) is 5.59. The van der Waals surface area contributed by atoms with Gasteiger partial charge in [0, 0.05) is 13.0 Å². The summed E-state index contributed by atoms with van der Waals surface area (Å²) in [5.74, 6) is -1.80. The Morgan fingerprint density at radius 1 is 1.52 bits per heavy atom. The van der Waals surface area contributed by atoms with Gasteiger partial charge in [0.15, 0.2) is 11.7 Å². The van der Waals surface area contributed by atoms with E-state index in [4.69, 9.17) is 15.2 Å². The van der Waals surface area contributed by atoms with Crippen LogP contribution in [0.2, 0.25) is 0 Å². The number of allylic oxidation sites excluding steroid dienone is 1. The van der Waals surface area contributed by atoms with Crippen molar-refractivity contribution in [2.45, 2.75) is 43.7 Å². The zero-order chi connectivity index (χ0) is 17.4. The van der Waals surface area contributed by atoms with Crippen LogP contribution in [-0.2, 0) is 19.1 Å². The van der Waals surface area contributed by atoms with Crippen LogP contribution in [-0.4, -0.2) is 63.7 Å². The summed E-state index contributed by atoms with van der Waals surface area (Å²) in [4.78, 5) is 22.8. The summed E-state index contributed by atoms with van der Waals surface area (Å²) in [6.07, 6.45) is 0.157. The highest BCUT2D eigenvalue weighted by molar-refractivity contribution is 5.85. The Morgan fingerprint density at radius 2 is 2.17 bits per heavy atom. The topological polar surface area (TPSA) is 151 Å². The molecule has 2 aliphatic rings. The molecule has 1 amide bonds. The lowest BCUT2D eigenvalue weighted by Gasteiger charge is -2.45. The summed E-state index contributed by atoms with van der Waals surface area (Å²) >= 11 is 0. The highest BCUT2D eigenvalue weighted by Gasteiger charge is 2.59. The van der Waals surface area contributed by atoms with Gasteiger partial charge in [-0.15, -0.1) is 0 Å². The van der Waals surface area contributed by atoms with Crippen LogP contribution in [0, 0.1) is 0 Å². The van der Waals surface area contributed by atoms with Crippen molar-refractivity contribution in [2.75, 3.05) is 6.61 Å². The number of hydrogen-bond donors (Lipinski definition) is 5. The molecule has 0 aromatic heterocycles. The molecule has 2 heterocycles. The van der Waals surface area contributed by atoms with Crippen molar-refractivity contribution < 1.29 is 34.4 Å². The average molecular weight is 328 g/mol. The van der Waals surface area contributed by atoms with Crippen molar-refractivity contribution in [1.82, 2.24) is 5.32 Å². The van der Waals surface area contributed by atoms with Crippen molar-refractivity contribution in [3.05, 3.63) is 23.7 Å². The molecule has 0 saturated carbocycles. The number of carboxylic acids is 1. The molecule has 0 aromatic carbocycles. The largest absolute Gasteiger partial charge is 0.488 e. The molecule has 0 aliphatic carbocycles. The number of carbonyl (C=O) groups is 2. The predicted molar refractivity (Wildman–Crippen MR) is 76.8 cm³/mol. The number of carbonyl (C=O) groups excluding carboxylic acids is 1. The quantitative estimate of drug-likeness (QED) is 0.406. The molecule has 2 rings (SSSR count). The van der Waals surface area contributed by atoms with Gasteiger partial charge < -0.3 is 35.8 Å². The third-order valence-electron chi connectivity index (χ3n) is 3.79. The smallest absolute Gasteiger partial charge is 0.370 e. The average Bonchev–Trinajstić information content (AvgIpc) is 2.78. The lowest BCUT2D eigenvalue weighted by atomic mass is 9.80. The number of carboxylic acid groups (broad SMARTS) is 1. The predicted octanol–water partition coefficient (Wildman–Crippen LogP) is -1.79. The van der Waals surface area contributed by atoms with Crippen molar-refractivity contribution in [3.8, 4) is 0 Å². The number of aliphatic hydroxyl groups is 2. The van der Waals surface area contributed by atoms with Crippen LogP contribution in [0.3, 0.4) is 0 Å². The highest BCUT2D eigenvalue weighted by Crippen LogP contribution is 2.41. The summed E-state index contributed by atoms with van der Waals surface area (Å²) in [5.41, 5.74) is 4.45. The Kier molecular flexibility index (Phi) is 4.64. The van der Waals surface area contributed by atoms with Gasteiger partial charge in [-0.25, -0.2) is 4.79 Å². The van der Waals surface area contributed by atoms with E-state index >= 15 is 0 Å². The van der Waals surface area contributed by atoms with E-state index in [0.29, 0.717) is 5.76 Å². The molecule has 0 radical (unpaired) electrons. The van der Waals surface area contributed by atoms with E-state index in [1.807, 2.05) is 0 Å². The first kappa shape index (κ1) is 17.3. The van der Waals surface area contributed by atoms with E-state index in [-0.39, 0.29) is 0 Å². The number of amides is 1. The monoisotopic (exact) mass is 328 g/mol. The molecular formula is C14H20N2O7. The van der Waals surface area contributed by atoms with E-state index in [2.05, 4.69) is 5.32 Å². The van der Waals surface area contributed by atoms with Crippen LogP contribution in [0.4, 0.5) is 0 Å². The summed E-state index contributed by atoms with van der Waals surface area (Å²) in [6, 6.07) is -1.77. The fourth-order valence-electron chi connectivity index (χ4n) is 2.96. The van der Waals surface area contributed by atoms with Gasteiger partial charge in [-0.05, 0) is 13.0 Å². The SMILES string of the molecule is CC(=O)N[C@@H]1[C@@H](N)C=C(C(=O)O)O[C@]12C=C(C)O[C@@H]2[C@H](O)CO. The summed E-state index contributed by atoms with van der Waals surface area (Å²) in [6.45, 7) is 2.23. The number of rotatable bonds is 4. The van der Waals surface area contributed by atoms with E-state index in [1.54, 1.807) is 6.92 Å². The lowest BCUT2D eigenvalue weighted by Crippen LogP contribution is -2.68. The minimum absolute atomic E-state index is 0.358. The molecule has 5 atom stereocenters. The first-order chi connectivity index (χ1) is 10.7. The number of nitrogens with two attached hydrogens (primary N) is 1. The maximum absolute atomic E-state index is 11.5. The molecule has 2 aliphatic heterocycles. The molecular weight excluding hydrogens is 308 g/mol. The minimum atomic E-state index is -1.54. The van der Waals surface area contributed by atoms with Crippen LogP contribution >= 0.6 is 0 Å². The molecule has 128 valence electrons. The van der Waals surface area contributed by atoms with E-state index in [1.165, 1.54) is 19.1 Å². The third kappa shape index (κ3) is 3.03. The van der Waals surface area contributed by atoms with Crippen LogP contribution < -0.4 is 11.1 Å². The number of nitrogens with one attached hydrogen (secondary N) is 1. The molecule has 0 unspecified atom stereocenters. The van der Waals surface area contributed by atoms with Crippen LogP contribution in [0.1, 0.15) is 13.8 Å². The molecule has 9 nitrogen and oxygen atoms in total. The van der Waals surface area contributed by atoms with Gasteiger partial charge in [-0.1, -0.05) is 0 Å². The van der Waals surface area contributed by atoms with Gasteiger partial charge in [-0.2, -0.15) is 0 Å². The first-order valence-corrected chi connectivity index (χ1v) is 7.03. The summed E-state index contributed by atoms with van der Waals surface area (Å²) in [5, 5.41) is 31.1. The zero-order valence-corrected chi connectivity index (χ0v) is 12.7. The number of ether oxygens (including phenoxy) is 2. The van der Waals surface area contributed by atoms with E-state index in [0.717, 1.165) is 0 Å². The standard InChI is InChI=1S/C14H20N2O7/c1-6-4-14(12(22-6)9(19)5-17)11(16-7(2)18)8(15)3-10(23-14)13(20)21/h3-4,8-9,11-12,17,19H,5,15H2,1-2H3,(H,16,18)(H,20,21)/t8-,9+,11+,12+,14+/m0/s1. The molecule has 0 bridgehead atoms. The second kappa shape index (κ2) is 6.19. The van der Waals surface area contributed by atoms with Crippen molar-refractivity contribution >= 4 is 11.9 Å². The molecule has 9 heteroatoms. The van der Waals surface area contributed by atoms with Crippen molar-refractivity contribution in [2.24, 2.45) is 5.73 Å². The minimum Gasteiger partial charge on any atom is -0.488 e. The Hall–Kier alpha value is -2.10. The van der Waals surface area contributed by atoms with Gasteiger partial charge >= 0.3 is 5.97 Å². The number of aliphatic carboxylic acids is 1. The Labute approximate surface area is 132 Å². The van der Waals surface area contributed by atoms with Crippen molar-refractivity contribution in [3.63, 3.8) is 0 Å². The Bertz CT molecular complexity index is 573. The van der Waals surface area contributed by atoms with Crippen molar-refractivity contribution in [1.29, 1.82) is 0 Å². The normalized spacial score (nSPS) is 34.0. The fourth-order valence-corrected chi connectivity index (χ4v) is 2.96.